The molecule has 1 aliphatic rings. The second kappa shape index (κ2) is 5.58. The third-order valence-corrected chi connectivity index (χ3v) is 2.73. The van der Waals surface area contributed by atoms with Gasteiger partial charge in [-0.3, -0.25) is 4.79 Å². The molecule has 1 aliphatic carbocycles. The van der Waals surface area contributed by atoms with Crippen LogP contribution in [-0.2, 0) is 9.53 Å². The predicted molar refractivity (Wildman–Crippen MR) is 55.1 cm³/mol. The molecule has 0 aromatic heterocycles. The zero-order valence-electron chi connectivity index (χ0n) is 8.99. The van der Waals surface area contributed by atoms with Gasteiger partial charge in [0.05, 0.1) is 6.61 Å². The van der Waals surface area contributed by atoms with Gasteiger partial charge in [0.25, 0.3) is 0 Å². The van der Waals surface area contributed by atoms with Crippen LogP contribution >= 0.6 is 0 Å². The highest BCUT2D eigenvalue weighted by molar-refractivity contribution is 5.76. The molecular formula is C10H18N2O3. The van der Waals surface area contributed by atoms with Crippen LogP contribution in [0.15, 0.2) is 0 Å². The number of carbonyl (C=O) groups is 2. The number of hydrogen-bond donors (Lipinski definition) is 2. The summed E-state index contributed by atoms with van der Waals surface area (Å²) in [4.78, 5) is 22.0. The van der Waals surface area contributed by atoms with Crippen molar-refractivity contribution in [1.82, 2.24) is 5.32 Å². The molecule has 2 amide bonds. The van der Waals surface area contributed by atoms with Crippen molar-refractivity contribution in [2.24, 2.45) is 11.7 Å². The van der Waals surface area contributed by atoms with E-state index >= 15 is 0 Å². The van der Waals surface area contributed by atoms with Crippen LogP contribution in [0.2, 0.25) is 0 Å². The van der Waals surface area contributed by atoms with Crippen LogP contribution in [0.5, 0.6) is 0 Å². The summed E-state index contributed by atoms with van der Waals surface area (Å²) >= 11 is 0. The second-order valence-electron chi connectivity index (χ2n) is 3.82. The number of rotatable bonds is 3. The first kappa shape index (κ1) is 11.8. The van der Waals surface area contributed by atoms with Crippen molar-refractivity contribution in [3.05, 3.63) is 0 Å². The van der Waals surface area contributed by atoms with E-state index in [9.17, 15) is 9.59 Å². The topological polar surface area (TPSA) is 81.4 Å². The van der Waals surface area contributed by atoms with Gasteiger partial charge in [-0.15, -0.1) is 0 Å². The Labute approximate surface area is 89.3 Å². The summed E-state index contributed by atoms with van der Waals surface area (Å²) in [6.45, 7) is 2.14. The molecule has 0 saturated heterocycles. The second-order valence-corrected chi connectivity index (χ2v) is 3.82. The molecule has 5 heteroatoms. The molecule has 1 fully saturated rings. The van der Waals surface area contributed by atoms with E-state index in [1.165, 1.54) is 0 Å². The molecule has 0 unspecified atom stereocenters. The van der Waals surface area contributed by atoms with Crippen LogP contribution < -0.4 is 11.1 Å². The lowest BCUT2D eigenvalue weighted by molar-refractivity contribution is -0.122. The maximum Gasteiger partial charge on any atom is 0.407 e. The van der Waals surface area contributed by atoms with Gasteiger partial charge in [-0.25, -0.2) is 4.79 Å². The van der Waals surface area contributed by atoms with E-state index in [4.69, 9.17) is 10.5 Å². The Morgan fingerprint density at radius 3 is 2.40 bits per heavy atom. The summed E-state index contributed by atoms with van der Waals surface area (Å²) < 4.78 is 4.78. The third-order valence-electron chi connectivity index (χ3n) is 2.73. The van der Waals surface area contributed by atoms with Gasteiger partial charge in [-0.2, -0.15) is 0 Å². The van der Waals surface area contributed by atoms with Crippen LogP contribution in [0.25, 0.3) is 0 Å². The normalized spacial score (nSPS) is 25.7. The average Bonchev–Trinajstić information content (AvgIpc) is 2.18. The molecule has 15 heavy (non-hydrogen) atoms. The van der Waals surface area contributed by atoms with Crippen molar-refractivity contribution >= 4 is 12.0 Å². The molecule has 5 nitrogen and oxygen atoms in total. The molecule has 0 atom stereocenters. The molecule has 1 saturated carbocycles. The number of amides is 2. The van der Waals surface area contributed by atoms with E-state index in [0.29, 0.717) is 6.61 Å². The highest BCUT2D eigenvalue weighted by Crippen LogP contribution is 2.23. The Kier molecular flexibility index (Phi) is 4.39. The maximum absolute atomic E-state index is 11.1. The minimum absolute atomic E-state index is 0.0229. The summed E-state index contributed by atoms with van der Waals surface area (Å²) in [6, 6.07) is 0.125. The summed E-state index contributed by atoms with van der Waals surface area (Å²) in [5.41, 5.74) is 5.21. The van der Waals surface area contributed by atoms with E-state index < -0.39 is 0 Å². The van der Waals surface area contributed by atoms with E-state index in [-0.39, 0.29) is 24.0 Å². The van der Waals surface area contributed by atoms with Crippen molar-refractivity contribution in [3.8, 4) is 0 Å². The van der Waals surface area contributed by atoms with E-state index in [1.54, 1.807) is 6.92 Å². The van der Waals surface area contributed by atoms with Gasteiger partial charge in [0, 0.05) is 12.0 Å². The van der Waals surface area contributed by atoms with Crippen LogP contribution in [0, 0.1) is 5.92 Å². The lowest BCUT2D eigenvalue weighted by atomic mass is 9.86. The Hall–Kier alpha value is -1.26. The van der Waals surface area contributed by atoms with Crippen LogP contribution in [-0.4, -0.2) is 24.6 Å². The molecule has 1 rings (SSSR count). The first-order chi connectivity index (χ1) is 7.13. The van der Waals surface area contributed by atoms with Gasteiger partial charge in [0.1, 0.15) is 0 Å². The fourth-order valence-corrected chi connectivity index (χ4v) is 1.86. The Morgan fingerprint density at radius 2 is 1.93 bits per heavy atom. The summed E-state index contributed by atoms with van der Waals surface area (Å²) in [6.07, 6.45) is 2.73. The van der Waals surface area contributed by atoms with Crippen molar-refractivity contribution in [2.45, 2.75) is 38.6 Å². The van der Waals surface area contributed by atoms with Crippen LogP contribution in [0.4, 0.5) is 4.79 Å². The summed E-state index contributed by atoms with van der Waals surface area (Å²) in [7, 11) is 0. The monoisotopic (exact) mass is 214 g/mol. The molecule has 0 spiro atoms. The van der Waals surface area contributed by atoms with E-state index in [2.05, 4.69) is 5.32 Å². The van der Waals surface area contributed by atoms with Gasteiger partial charge in [-0.1, -0.05) is 0 Å². The molecule has 0 aromatic rings. The summed E-state index contributed by atoms with van der Waals surface area (Å²) in [5.74, 6) is -0.255. The van der Waals surface area contributed by atoms with Gasteiger partial charge < -0.3 is 15.8 Å². The minimum atomic E-state index is -0.375. The number of nitrogens with two attached hydrogens (primary N) is 1. The summed E-state index contributed by atoms with van der Waals surface area (Å²) in [5, 5.41) is 2.77. The molecule has 0 aromatic carbocycles. The van der Waals surface area contributed by atoms with Crippen molar-refractivity contribution < 1.29 is 14.3 Å². The lowest BCUT2D eigenvalue weighted by Crippen LogP contribution is -2.40. The van der Waals surface area contributed by atoms with Gasteiger partial charge >= 0.3 is 6.09 Å². The molecule has 0 radical (unpaired) electrons. The Balaban J connectivity index is 2.25. The average molecular weight is 214 g/mol. The first-order valence-corrected chi connectivity index (χ1v) is 5.36. The van der Waals surface area contributed by atoms with Gasteiger partial charge in [0.2, 0.25) is 5.91 Å². The fourth-order valence-electron chi connectivity index (χ4n) is 1.86. The molecule has 86 valence electrons. The number of alkyl carbamates (subject to hydrolysis) is 1. The van der Waals surface area contributed by atoms with Crippen LogP contribution in [0.1, 0.15) is 32.6 Å². The minimum Gasteiger partial charge on any atom is -0.450 e. The van der Waals surface area contributed by atoms with Crippen molar-refractivity contribution in [1.29, 1.82) is 0 Å². The molecule has 0 heterocycles. The molecular weight excluding hydrogens is 196 g/mol. The molecule has 0 bridgehead atoms. The Bertz CT molecular complexity index is 235. The lowest BCUT2D eigenvalue weighted by Gasteiger charge is -2.26. The Morgan fingerprint density at radius 1 is 1.33 bits per heavy atom. The standard InChI is InChI=1S/C10H18N2O3/c1-2-15-10(14)12-8-5-3-7(4-6-8)9(11)13/h7-8H,2-6H2,1H3,(H2,11,13)(H,12,14). The molecule has 3 N–H and O–H groups in total. The van der Waals surface area contributed by atoms with E-state index in [1.807, 2.05) is 0 Å². The third kappa shape index (κ3) is 3.77. The number of hydrogen-bond acceptors (Lipinski definition) is 3. The zero-order valence-corrected chi connectivity index (χ0v) is 8.99. The first-order valence-electron chi connectivity index (χ1n) is 5.36. The fraction of sp³-hybridized carbons (Fsp3) is 0.800. The van der Waals surface area contributed by atoms with Crippen molar-refractivity contribution in [2.75, 3.05) is 6.61 Å². The number of ether oxygens (including phenoxy) is 1. The predicted octanol–water partition coefficient (Wildman–Crippen LogP) is 0.777. The van der Waals surface area contributed by atoms with Gasteiger partial charge in [-0.05, 0) is 32.6 Å². The highest BCUT2D eigenvalue weighted by atomic mass is 16.5. The van der Waals surface area contributed by atoms with Gasteiger partial charge in [0.15, 0.2) is 0 Å². The SMILES string of the molecule is CCOC(=O)NC1CCC(C(N)=O)CC1. The number of primary amides is 1. The number of nitrogens with one attached hydrogen (secondary N) is 1. The smallest absolute Gasteiger partial charge is 0.407 e. The molecule has 0 aliphatic heterocycles. The quantitative estimate of drug-likeness (QED) is 0.728. The van der Waals surface area contributed by atoms with Crippen LogP contribution in [0.3, 0.4) is 0 Å². The maximum atomic E-state index is 11.1. The number of carbonyl (C=O) groups excluding carboxylic acids is 2. The van der Waals surface area contributed by atoms with E-state index in [0.717, 1.165) is 25.7 Å². The highest BCUT2D eigenvalue weighted by Gasteiger charge is 2.25. The largest absolute Gasteiger partial charge is 0.450 e. The zero-order chi connectivity index (χ0) is 11.3. The van der Waals surface area contributed by atoms with Crippen molar-refractivity contribution in [3.63, 3.8) is 0 Å².